The van der Waals surface area contributed by atoms with Crippen LogP contribution in [0.3, 0.4) is 0 Å². The Kier molecular flexibility index (Phi) is 6.01. The fraction of sp³-hybridized carbons (Fsp3) is 0.261. The Morgan fingerprint density at radius 3 is 2.82 bits per heavy atom. The van der Waals surface area contributed by atoms with Crippen LogP contribution in [0.5, 0.6) is 5.75 Å². The number of nitrogens with zero attached hydrogens (tertiary/aromatic N) is 4. The number of carbonyl (C=O) groups excluding carboxylic acids is 1. The molecule has 9 nitrogen and oxygen atoms in total. The summed E-state index contributed by atoms with van der Waals surface area (Å²) in [6.45, 7) is 3.85. The lowest BCUT2D eigenvalue weighted by molar-refractivity contribution is 0.0346. The normalized spacial score (nSPS) is 13.1. The van der Waals surface area contributed by atoms with Gasteiger partial charge in [-0.3, -0.25) is 9.48 Å². The smallest absolute Gasteiger partial charge is 0.261 e. The Labute approximate surface area is 195 Å². The monoisotopic (exact) mass is 468 g/mol. The highest BCUT2D eigenvalue weighted by atomic mass is 35.5. The van der Waals surface area contributed by atoms with Gasteiger partial charge < -0.3 is 20.9 Å². The zero-order valence-electron chi connectivity index (χ0n) is 18.5. The number of aliphatic hydroxyl groups is 1. The summed E-state index contributed by atoms with van der Waals surface area (Å²) in [6, 6.07) is 10.5. The zero-order chi connectivity index (χ0) is 23.8. The molecule has 1 aromatic carbocycles. The Morgan fingerprint density at radius 2 is 2.09 bits per heavy atom. The molecular formula is C23H25ClN6O3. The molecule has 0 radical (unpaired) electrons. The minimum absolute atomic E-state index is 0.113. The summed E-state index contributed by atoms with van der Waals surface area (Å²) in [5.41, 5.74) is 7.37. The number of hydrogen-bond acceptors (Lipinski definition) is 6. The molecule has 1 amide bonds. The maximum atomic E-state index is 13.3. The van der Waals surface area contributed by atoms with Gasteiger partial charge in [-0.1, -0.05) is 24.6 Å². The Morgan fingerprint density at radius 1 is 1.30 bits per heavy atom. The average molecular weight is 469 g/mol. The van der Waals surface area contributed by atoms with Gasteiger partial charge in [0.15, 0.2) is 5.82 Å². The van der Waals surface area contributed by atoms with Gasteiger partial charge in [0.05, 0.1) is 30.5 Å². The average Bonchev–Trinajstić information content (AvgIpc) is 3.32. The van der Waals surface area contributed by atoms with Crippen molar-refractivity contribution in [3.05, 3.63) is 59.4 Å². The molecule has 0 saturated carbocycles. The predicted molar refractivity (Wildman–Crippen MR) is 128 cm³/mol. The molecule has 172 valence electrons. The van der Waals surface area contributed by atoms with E-state index in [1.807, 2.05) is 6.92 Å². The minimum atomic E-state index is -0.976. The van der Waals surface area contributed by atoms with Crippen molar-refractivity contribution in [2.24, 2.45) is 0 Å². The van der Waals surface area contributed by atoms with Crippen molar-refractivity contribution in [3.8, 4) is 17.0 Å². The predicted octanol–water partition coefficient (Wildman–Crippen LogP) is 3.86. The Bertz CT molecular complexity index is 1330. The summed E-state index contributed by atoms with van der Waals surface area (Å²) in [7, 11) is 1.55. The third-order valence-corrected chi connectivity index (χ3v) is 5.72. The second-order valence-corrected chi connectivity index (χ2v) is 8.47. The fourth-order valence-corrected chi connectivity index (χ4v) is 3.73. The van der Waals surface area contributed by atoms with Crippen LogP contribution in [0.15, 0.2) is 48.8 Å². The van der Waals surface area contributed by atoms with Crippen molar-refractivity contribution >= 4 is 34.5 Å². The van der Waals surface area contributed by atoms with Crippen molar-refractivity contribution in [3.63, 3.8) is 0 Å². The van der Waals surface area contributed by atoms with Gasteiger partial charge in [0.2, 0.25) is 0 Å². The van der Waals surface area contributed by atoms with Gasteiger partial charge in [-0.25, -0.2) is 4.52 Å². The van der Waals surface area contributed by atoms with Gasteiger partial charge in [-0.15, -0.1) is 5.10 Å². The summed E-state index contributed by atoms with van der Waals surface area (Å²) in [6.07, 6.45) is 3.92. The zero-order valence-corrected chi connectivity index (χ0v) is 19.3. The molecule has 0 unspecified atom stereocenters. The number of fused-ring (bicyclic) bond motifs is 1. The molecule has 0 fully saturated rings. The molecule has 0 aliphatic carbocycles. The van der Waals surface area contributed by atoms with Gasteiger partial charge in [-0.2, -0.15) is 5.10 Å². The van der Waals surface area contributed by atoms with Crippen molar-refractivity contribution in [2.75, 3.05) is 18.2 Å². The van der Waals surface area contributed by atoms with E-state index in [0.717, 1.165) is 0 Å². The topological polar surface area (TPSA) is 120 Å². The number of nitrogens with one attached hydrogen (secondary N) is 1. The van der Waals surface area contributed by atoms with E-state index in [4.69, 9.17) is 22.1 Å². The molecule has 10 heteroatoms. The number of pyridine rings is 1. The Balaban J connectivity index is 1.79. The Hall–Kier alpha value is -3.56. The number of rotatable bonds is 7. The highest BCUT2D eigenvalue weighted by Crippen LogP contribution is 2.36. The second-order valence-electron chi connectivity index (χ2n) is 8.03. The van der Waals surface area contributed by atoms with Gasteiger partial charge in [0.1, 0.15) is 17.0 Å². The molecule has 0 aliphatic rings. The van der Waals surface area contributed by atoms with Crippen LogP contribution in [0.2, 0.25) is 5.02 Å². The molecule has 3 aromatic heterocycles. The lowest BCUT2D eigenvalue weighted by Gasteiger charge is -2.20. The molecule has 4 aromatic rings. The standard InChI is InChI=1S/C23H25ClN6O3/c1-4-23(2,32)13-29-12-16(20(27-29)15-11-14(24)8-9-18(15)33-3)26-22(31)19-17-7-5-6-10-30(17)28-21(19)25/h5-12,32H,4,13H2,1-3H3,(H2,25,28)(H,26,31)/t23-/m1/s1. The van der Waals surface area contributed by atoms with Crippen LogP contribution < -0.4 is 15.8 Å². The highest BCUT2D eigenvalue weighted by Gasteiger charge is 2.25. The third-order valence-electron chi connectivity index (χ3n) is 5.48. The summed E-state index contributed by atoms with van der Waals surface area (Å²) in [5, 5.41) is 22.8. The summed E-state index contributed by atoms with van der Waals surface area (Å²) in [5.74, 6) is 0.220. The maximum Gasteiger partial charge on any atom is 0.261 e. The van der Waals surface area contributed by atoms with E-state index in [1.54, 1.807) is 72.0 Å². The van der Waals surface area contributed by atoms with Gasteiger partial charge >= 0.3 is 0 Å². The molecule has 0 saturated heterocycles. The van der Waals surface area contributed by atoms with Crippen LogP contribution in [-0.2, 0) is 6.54 Å². The van der Waals surface area contributed by atoms with E-state index < -0.39 is 11.5 Å². The largest absolute Gasteiger partial charge is 0.496 e. The molecular weight excluding hydrogens is 444 g/mol. The first-order valence-corrected chi connectivity index (χ1v) is 10.8. The molecule has 0 spiro atoms. The molecule has 1 atom stereocenters. The number of nitrogens with two attached hydrogens (primary N) is 1. The fourth-order valence-electron chi connectivity index (χ4n) is 3.55. The van der Waals surface area contributed by atoms with Crippen LogP contribution in [-0.4, -0.2) is 43.1 Å². The summed E-state index contributed by atoms with van der Waals surface area (Å²) >= 11 is 6.24. The third kappa shape index (κ3) is 4.50. The van der Waals surface area contributed by atoms with E-state index in [-0.39, 0.29) is 17.9 Å². The number of methoxy groups -OCH3 is 1. The lowest BCUT2D eigenvalue weighted by atomic mass is 10.0. The molecule has 3 heterocycles. The van der Waals surface area contributed by atoms with Crippen LogP contribution in [0.4, 0.5) is 11.5 Å². The van der Waals surface area contributed by atoms with Crippen LogP contribution in [0.1, 0.15) is 30.6 Å². The van der Waals surface area contributed by atoms with Crippen LogP contribution >= 0.6 is 11.6 Å². The van der Waals surface area contributed by atoms with E-state index >= 15 is 0 Å². The second kappa shape index (κ2) is 8.76. The summed E-state index contributed by atoms with van der Waals surface area (Å²) in [4.78, 5) is 13.3. The number of carbonyl (C=O) groups is 1. The first-order chi connectivity index (χ1) is 15.7. The van der Waals surface area contributed by atoms with Gasteiger partial charge in [0, 0.05) is 23.0 Å². The molecule has 0 bridgehead atoms. The summed E-state index contributed by atoms with van der Waals surface area (Å²) < 4.78 is 8.63. The van der Waals surface area contributed by atoms with E-state index in [2.05, 4.69) is 15.5 Å². The van der Waals surface area contributed by atoms with Gasteiger partial charge in [0.25, 0.3) is 5.91 Å². The molecule has 4 rings (SSSR count). The van der Waals surface area contributed by atoms with Crippen molar-refractivity contribution in [1.29, 1.82) is 0 Å². The molecule has 33 heavy (non-hydrogen) atoms. The first-order valence-electron chi connectivity index (χ1n) is 10.4. The van der Waals surface area contributed by atoms with Gasteiger partial charge in [-0.05, 0) is 43.7 Å². The van der Waals surface area contributed by atoms with Crippen molar-refractivity contribution in [1.82, 2.24) is 19.4 Å². The number of anilines is 2. The first kappa shape index (κ1) is 22.6. The van der Waals surface area contributed by atoms with Crippen LogP contribution in [0.25, 0.3) is 16.8 Å². The van der Waals surface area contributed by atoms with Crippen LogP contribution in [0, 0.1) is 0 Å². The lowest BCUT2D eigenvalue weighted by Crippen LogP contribution is -2.29. The van der Waals surface area contributed by atoms with E-state index in [0.29, 0.717) is 39.7 Å². The molecule has 4 N–H and O–H groups in total. The SMILES string of the molecule is CC[C@@](C)(O)Cn1cc(NC(=O)c2c(N)nn3ccccc23)c(-c2cc(Cl)ccc2OC)n1. The van der Waals surface area contributed by atoms with Crippen molar-refractivity contribution in [2.45, 2.75) is 32.4 Å². The number of halogens is 1. The number of aromatic nitrogens is 4. The maximum absolute atomic E-state index is 13.3. The minimum Gasteiger partial charge on any atom is -0.496 e. The highest BCUT2D eigenvalue weighted by molar-refractivity contribution is 6.31. The number of hydrogen-bond donors (Lipinski definition) is 3. The number of benzene rings is 1. The quantitative estimate of drug-likeness (QED) is 0.379. The number of amides is 1. The van der Waals surface area contributed by atoms with Crippen molar-refractivity contribution < 1.29 is 14.6 Å². The van der Waals surface area contributed by atoms with E-state index in [1.165, 1.54) is 0 Å². The van der Waals surface area contributed by atoms with E-state index in [9.17, 15) is 9.90 Å². The number of ether oxygens (including phenoxy) is 1. The molecule has 0 aliphatic heterocycles. The number of nitrogen functional groups attached to an aromatic ring is 1.